The van der Waals surface area contributed by atoms with Crippen LogP contribution in [0, 0.1) is 6.92 Å². The van der Waals surface area contributed by atoms with Gasteiger partial charge in [-0.1, -0.05) is 53.2 Å². The highest BCUT2D eigenvalue weighted by atomic mass is 35.5. The van der Waals surface area contributed by atoms with Crippen molar-refractivity contribution >= 4 is 29.3 Å². The second kappa shape index (κ2) is 7.17. The fourth-order valence-electron chi connectivity index (χ4n) is 3.02. The van der Waals surface area contributed by atoms with Gasteiger partial charge in [0.1, 0.15) is 0 Å². The van der Waals surface area contributed by atoms with Crippen LogP contribution in [0.25, 0.3) is 11.3 Å². The molecule has 1 N–H and O–H groups in total. The van der Waals surface area contributed by atoms with Crippen LogP contribution in [0.15, 0.2) is 53.7 Å². The SMILES string of the molecule is Cc1ccc(C(=O)NCc2c(-c3ccc(Cl)cc3)nc3n2CCS3)cc1. The van der Waals surface area contributed by atoms with Crippen LogP contribution in [0.1, 0.15) is 21.6 Å². The zero-order valence-corrected chi connectivity index (χ0v) is 15.9. The number of aryl methyl sites for hydroxylation is 1. The number of rotatable bonds is 4. The number of benzene rings is 2. The fraction of sp³-hybridized carbons (Fsp3) is 0.200. The van der Waals surface area contributed by atoms with Crippen molar-refractivity contribution < 1.29 is 4.79 Å². The predicted octanol–water partition coefficient (Wildman–Crippen LogP) is 4.55. The Morgan fingerprint density at radius 1 is 1.19 bits per heavy atom. The number of carbonyl (C=O) groups is 1. The molecular formula is C20H18ClN3OS. The quantitative estimate of drug-likeness (QED) is 0.719. The lowest BCUT2D eigenvalue weighted by Crippen LogP contribution is -2.24. The van der Waals surface area contributed by atoms with Gasteiger partial charge in [-0.2, -0.15) is 0 Å². The molecule has 0 saturated carbocycles. The number of aromatic nitrogens is 2. The maximum atomic E-state index is 12.5. The standard InChI is InChI=1S/C20H18ClN3OS/c1-13-2-4-15(5-3-13)19(25)22-12-17-18(14-6-8-16(21)9-7-14)23-20-24(17)10-11-26-20/h2-9H,10-12H2,1H3,(H,22,25). The Balaban J connectivity index is 1.60. The predicted molar refractivity (Wildman–Crippen MR) is 106 cm³/mol. The molecule has 0 bridgehead atoms. The van der Waals surface area contributed by atoms with Crippen molar-refractivity contribution in [2.75, 3.05) is 5.75 Å². The van der Waals surface area contributed by atoms with Gasteiger partial charge in [0, 0.05) is 28.4 Å². The Labute approximate surface area is 161 Å². The second-order valence-corrected chi connectivity index (χ2v) is 7.74. The first-order valence-electron chi connectivity index (χ1n) is 8.45. The summed E-state index contributed by atoms with van der Waals surface area (Å²) < 4.78 is 2.20. The van der Waals surface area contributed by atoms with E-state index in [2.05, 4.69) is 9.88 Å². The van der Waals surface area contributed by atoms with Crippen LogP contribution in [-0.4, -0.2) is 21.2 Å². The van der Waals surface area contributed by atoms with Crippen molar-refractivity contribution in [1.29, 1.82) is 0 Å². The van der Waals surface area contributed by atoms with Crippen molar-refractivity contribution in [1.82, 2.24) is 14.9 Å². The number of thioether (sulfide) groups is 1. The zero-order valence-electron chi connectivity index (χ0n) is 14.3. The largest absolute Gasteiger partial charge is 0.346 e. The van der Waals surface area contributed by atoms with Gasteiger partial charge in [-0.05, 0) is 31.2 Å². The summed E-state index contributed by atoms with van der Waals surface area (Å²) in [7, 11) is 0. The molecule has 0 aliphatic carbocycles. The summed E-state index contributed by atoms with van der Waals surface area (Å²) >= 11 is 7.75. The number of fused-ring (bicyclic) bond motifs is 1. The molecule has 132 valence electrons. The van der Waals surface area contributed by atoms with Gasteiger partial charge >= 0.3 is 0 Å². The van der Waals surface area contributed by atoms with E-state index in [4.69, 9.17) is 16.6 Å². The van der Waals surface area contributed by atoms with Gasteiger partial charge in [-0.25, -0.2) is 4.98 Å². The zero-order chi connectivity index (χ0) is 18.1. The fourth-order valence-corrected chi connectivity index (χ4v) is 4.12. The van der Waals surface area contributed by atoms with Crippen LogP contribution in [-0.2, 0) is 13.1 Å². The molecule has 0 atom stereocenters. The van der Waals surface area contributed by atoms with Gasteiger partial charge in [-0.3, -0.25) is 4.79 Å². The number of hydrogen-bond donors (Lipinski definition) is 1. The molecule has 1 aromatic heterocycles. The number of halogens is 1. The maximum Gasteiger partial charge on any atom is 0.251 e. The minimum atomic E-state index is -0.0757. The average Bonchev–Trinajstić information content (AvgIpc) is 3.22. The topological polar surface area (TPSA) is 46.9 Å². The van der Waals surface area contributed by atoms with Gasteiger partial charge in [0.15, 0.2) is 5.16 Å². The van der Waals surface area contributed by atoms with E-state index in [1.807, 2.05) is 55.5 Å². The summed E-state index contributed by atoms with van der Waals surface area (Å²) in [5, 5.41) is 4.74. The Hall–Kier alpha value is -2.24. The molecule has 2 heterocycles. The van der Waals surface area contributed by atoms with Crippen LogP contribution >= 0.6 is 23.4 Å². The maximum absolute atomic E-state index is 12.5. The molecule has 0 fully saturated rings. The molecule has 2 aromatic carbocycles. The first-order chi connectivity index (χ1) is 12.6. The molecule has 6 heteroatoms. The molecule has 0 spiro atoms. The van der Waals surface area contributed by atoms with Gasteiger partial charge < -0.3 is 9.88 Å². The molecule has 0 radical (unpaired) electrons. The number of nitrogens with one attached hydrogen (secondary N) is 1. The van der Waals surface area contributed by atoms with Crippen LogP contribution < -0.4 is 5.32 Å². The second-order valence-electron chi connectivity index (χ2n) is 6.25. The summed E-state index contributed by atoms with van der Waals surface area (Å²) in [6.45, 7) is 3.36. The lowest BCUT2D eigenvalue weighted by atomic mass is 10.1. The first-order valence-corrected chi connectivity index (χ1v) is 9.81. The van der Waals surface area contributed by atoms with Crippen molar-refractivity contribution in [3.63, 3.8) is 0 Å². The van der Waals surface area contributed by atoms with Crippen LogP contribution in [0.5, 0.6) is 0 Å². The number of amides is 1. The monoisotopic (exact) mass is 383 g/mol. The lowest BCUT2D eigenvalue weighted by molar-refractivity contribution is 0.0950. The highest BCUT2D eigenvalue weighted by molar-refractivity contribution is 7.99. The van der Waals surface area contributed by atoms with E-state index in [-0.39, 0.29) is 5.91 Å². The molecule has 0 saturated heterocycles. The summed E-state index contributed by atoms with van der Waals surface area (Å²) in [6.07, 6.45) is 0. The molecule has 1 amide bonds. The summed E-state index contributed by atoms with van der Waals surface area (Å²) in [5.41, 5.74) is 4.76. The van der Waals surface area contributed by atoms with Gasteiger partial charge in [0.2, 0.25) is 0 Å². The minimum absolute atomic E-state index is 0.0757. The molecule has 1 aliphatic heterocycles. The third-order valence-electron chi connectivity index (χ3n) is 4.43. The molecule has 4 nitrogen and oxygen atoms in total. The Morgan fingerprint density at radius 3 is 2.65 bits per heavy atom. The summed E-state index contributed by atoms with van der Waals surface area (Å²) in [6, 6.07) is 15.3. The Bertz CT molecular complexity index is 948. The van der Waals surface area contributed by atoms with E-state index in [9.17, 15) is 4.79 Å². The van der Waals surface area contributed by atoms with Gasteiger partial charge in [0.05, 0.1) is 17.9 Å². The summed E-state index contributed by atoms with van der Waals surface area (Å²) in [5.74, 6) is 0.940. The summed E-state index contributed by atoms with van der Waals surface area (Å²) in [4.78, 5) is 17.3. The number of carbonyl (C=O) groups excluding carboxylic acids is 1. The van der Waals surface area contributed by atoms with Gasteiger partial charge in [0.25, 0.3) is 5.91 Å². The van der Waals surface area contributed by atoms with Crippen LogP contribution in [0.2, 0.25) is 5.02 Å². The molecule has 26 heavy (non-hydrogen) atoms. The van der Waals surface area contributed by atoms with Crippen LogP contribution in [0.3, 0.4) is 0 Å². The Kier molecular flexibility index (Phi) is 4.74. The third-order valence-corrected chi connectivity index (χ3v) is 5.64. The lowest BCUT2D eigenvalue weighted by Gasteiger charge is -2.10. The first kappa shape index (κ1) is 17.2. The van der Waals surface area contributed by atoms with Crippen molar-refractivity contribution in [2.24, 2.45) is 0 Å². The van der Waals surface area contributed by atoms with E-state index in [1.165, 1.54) is 0 Å². The van der Waals surface area contributed by atoms with E-state index in [0.29, 0.717) is 17.1 Å². The van der Waals surface area contributed by atoms with E-state index in [0.717, 1.165) is 40.0 Å². The highest BCUT2D eigenvalue weighted by Gasteiger charge is 2.23. The third kappa shape index (κ3) is 3.37. The minimum Gasteiger partial charge on any atom is -0.346 e. The molecule has 4 rings (SSSR count). The average molecular weight is 384 g/mol. The van der Waals surface area contributed by atoms with Crippen molar-refractivity contribution in [2.45, 2.75) is 25.2 Å². The number of nitrogens with zero attached hydrogens (tertiary/aromatic N) is 2. The smallest absolute Gasteiger partial charge is 0.251 e. The van der Waals surface area contributed by atoms with Gasteiger partial charge in [-0.15, -0.1) is 0 Å². The van der Waals surface area contributed by atoms with Crippen LogP contribution in [0.4, 0.5) is 0 Å². The van der Waals surface area contributed by atoms with Crippen molar-refractivity contribution in [3.8, 4) is 11.3 Å². The molecule has 0 unspecified atom stereocenters. The Morgan fingerprint density at radius 2 is 1.92 bits per heavy atom. The highest BCUT2D eigenvalue weighted by Crippen LogP contribution is 2.33. The van der Waals surface area contributed by atoms with E-state index in [1.54, 1.807) is 11.8 Å². The van der Waals surface area contributed by atoms with E-state index >= 15 is 0 Å². The molecular weight excluding hydrogens is 366 g/mol. The van der Waals surface area contributed by atoms with Crippen molar-refractivity contribution in [3.05, 3.63) is 70.4 Å². The number of imidazole rings is 1. The molecule has 3 aromatic rings. The van der Waals surface area contributed by atoms with E-state index < -0.39 is 0 Å². The number of hydrogen-bond acceptors (Lipinski definition) is 3. The molecule has 1 aliphatic rings. The normalized spacial score (nSPS) is 12.8.